The molecule has 1 aromatic carbocycles. The number of carboxylic acid groups (broad SMARTS) is 1. The summed E-state index contributed by atoms with van der Waals surface area (Å²) in [4.78, 5) is 23.7. The molecule has 2 unspecified atom stereocenters. The van der Waals surface area contributed by atoms with E-state index >= 15 is 0 Å². The summed E-state index contributed by atoms with van der Waals surface area (Å²) in [5, 5.41) is 20.3. The maximum absolute atomic E-state index is 11.2. The summed E-state index contributed by atoms with van der Waals surface area (Å²) >= 11 is 0. The normalized spacial score (nSPS) is 22.5. The molecule has 1 aliphatic heterocycles. The highest BCUT2D eigenvalue weighted by Crippen LogP contribution is 2.36. The van der Waals surface area contributed by atoms with Crippen LogP contribution in [-0.4, -0.2) is 29.1 Å². The van der Waals surface area contributed by atoms with Gasteiger partial charge in [-0.25, -0.2) is 0 Å². The monoisotopic (exact) mass is 264 g/mol. The van der Waals surface area contributed by atoms with Crippen LogP contribution in [-0.2, 0) is 4.79 Å². The first-order valence-corrected chi connectivity index (χ1v) is 6.13. The second kappa shape index (κ2) is 4.87. The Kier molecular flexibility index (Phi) is 3.42. The number of nitrogens with zero attached hydrogens (tertiary/aromatic N) is 2. The van der Waals surface area contributed by atoms with E-state index in [9.17, 15) is 14.9 Å². The fraction of sp³-hybridized carbons (Fsp3) is 0.462. The van der Waals surface area contributed by atoms with Gasteiger partial charge in [0.15, 0.2) is 0 Å². The quantitative estimate of drug-likeness (QED) is 0.667. The topological polar surface area (TPSA) is 83.7 Å². The number of nitro benzene ring substituents is 1. The van der Waals surface area contributed by atoms with Crippen LogP contribution >= 0.6 is 0 Å². The van der Waals surface area contributed by atoms with Gasteiger partial charge in [0.05, 0.1) is 10.8 Å². The number of anilines is 1. The number of hydrogen-bond acceptors (Lipinski definition) is 4. The molecule has 2 rings (SSSR count). The molecule has 0 aromatic heterocycles. The summed E-state index contributed by atoms with van der Waals surface area (Å²) in [6.45, 7) is 4.40. The summed E-state index contributed by atoms with van der Waals surface area (Å²) in [5.41, 5.74) is 1.18. The minimum Gasteiger partial charge on any atom is -0.481 e. The zero-order valence-corrected chi connectivity index (χ0v) is 10.9. The Hall–Kier alpha value is -2.11. The molecule has 1 heterocycles. The van der Waals surface area contributed by atoms with E-state index in [0.29, 0.717) is 24.3 Å². The molecule has 1 aliphatic rings. The van der Waals surface area contributed by atoms with Crippen LogP contribution in [0.15, 0.2) is 18.2 Å². The van der Waals surface area contributed by atoms with Crippen LogP contribution < -0.4 is 4.90 Å². The first-order valence-electron chi connectivity index (χ1n) is 6.13. The van der Waals surface area contributed by atoms with Crippen molar-refractivity contribution in [3.63, 3.8) is 0 Å². The van der Waals surface area contributed by atoms with Gasteiger partial charge in [0, 0.05) is 18.7 Å². The van der Waals surface area contributed by atoms with E-state index in [1.165, 1.54) is 0 Å². The SMILES string of the molecule is Cc1cccc(N2CC(C)C(C(=O)O)C2)c1[N+](=O)[O-]. The molecule has 1 fully saturated rings. The molecule has 2 atom stereocenters. The molecule has 0 amide bonds. The van der Waals surface area contributed by atoms with Crippen molar-refractivity contribution in [2.45, 2.75) is 13.8 Å². The Morgan fingerprint density at radius 2 is 2.16 bits per heavy atom. The zero-order valence-electron chi connectivity index (χ0n) is 10.9. The summed E-state index contributed by atoms with van der Waals surface area (Å²) in [7, 11) is 0. The fourth-order valence-electron chi connectivity index (χ4n) is 2.62. The number of aliphatic carboxylic acids is 1. The molecule has 0 saturated carbocycles. The van der Waals surface area contributed by atoms with Crippen LogP contribution in [0.1, 0.15) is 12.5 Å². The second-order valence-electron chi connectivity index (χ2n) is 5.03. The number of carbonyl (C=O) groups is 1. The largest absolute Gasteiger partial charge is 0.481 e. The molecule has 6 nitrogen and oxygen atoms in total. The number of nitro groups is 1. The highest BCUT2D eigenvalue weighted by molar-refractivity contribution is 5.74. The average molecular weight is 264 g/mol. The first kappa shape index (κ1) is 13.3. The second-order valence-corrected chi connectivity index (χ2v) is 5.03. The number of rotatable bonds is 3. The molecule has 0 spiro atoms. The van der Waals surface area contributed by atoms with Gasteiger partial charge in [0.2, 0.25) is 0 Å². The summed E-state index contributed by atoms with van der Waals surface area (Å²) in [6, 6.07) is 5.13. The Labute approximate surface area is 110 Å². The lowest BCUT2D eigenvalue weighted by Crippen LogP contribution is -2.23. The van der Waals surface area contributed by atoms with Crippen molar-refractivity contribution in [2.75, 3.05) is 18.0 Å². The minimum atomic E-state index is -0.842. The lowest BCUT2D eigenvalue weighted by Gasteiger charge is -2.18. The smallest absolute Gasteiger partial charge is 0.308 e. The van der Waals surface area contributed by atoms with Crippen molar-refractivity contribution < 1.29 is 14.8 Å². The van der Waals surface area contributed by atoms with Gasteiger partial charge < -0.3 is 10.0 Å². The summed E-state index contributed by atoms with van der Waals surface area (Å²) in [6.07, 6.45) is 0. The molecule has 0 aliphatic carbocycles. The third kappa shape index (κ3) is 2.38. The van der Waals surface area contributed by atoms with Gasteiger partial charge in [0.1, 0.15) is 5.69 Å². The van der Waals surface area contributed by atoms with Gasteiger partial charge in [-0.3, -0.25) is 14.9 Å². The predicted molar refractivity (Wildman–Crippen MR) is 70.3 cm³/mol. The third-order valence-corrected chi connectivity index (χ3v) is 3.67. The molecule has 1 N–H and O–H groups in total. The maximum atomic E-state index is 11.2. The van der Waals surface area contributed by atoms with E-state index in [0.717, 1.165) is 0 Å². The minimum absolute atomic E-state index is 0.0161. The number of benzene rings is 1. The molecule has 1 aromatic rings. The highest BCUT2D eigenvalue weighted by Gasteiger charge is 2.37. The molecule has 6 heteroatoms. The Morgan fingerprint density at radius 1 is 1.47 bits per heavy atom. The standard InChI is InChI=1S/C13H16N2O4/c1-8-4-3-5-11(12(8)15(18)19)14-6-9(2)10(7-14)13(16)17/h3-5,9-10H,6-7H2,1-2H3,(H,16,17). The predicted octanol–water partition coefficient (Wildman–Crippen LogP) is 2.06. The Bertz CT molecular complexity index is 529. The summed E-state index contributed by atoms with van der Waals surface area (Å²) < 4.78 is 0. The van der Waals surface area contributed by atoms with Gasteiger partial charge in [-0.15, -0.1) is 0 Å². The summed E-state index contributed by atoms with van der Waals surface area (Å²) in [5.74, 6) is -1.33. The third-order valence-electron chi connectivity index (χ3n) is 3.67. The van der Waals surface area contributed by atoms with Crippen LogP contribution in [0.25, 0.3) is 0 Å². The lowest BCUT2D eigenvalue weighted by molar-refractivity contribution is -0.384. The van der Waals surface area contributed by atoms with Crippen molar-refractivity contribution in [1.82, 2.24) is 0 Å². The van der Waals surface area contributed by atoms with Gasteiger partial charge in [-0.05, 0) is 18.9 Å². The molecular formula is C13H16N2O4. The van der Waals surface area contributed by atoms with Crippen molar-refractivity contribution >= 4 is 17.3 Å². The lowest BCUT2D eigenvalue weighted by atomic mass is 9.99. The highest BCUT2D eigenvalue weighted by atomic mass is 16.6. The Morgan fingerprint density at radius 3 is 2.68 bits per heavy atom. The number of para-hydroxylation sites is 1. The first-order chi connectivity index (χ1) is 8.91. The van der Waals surface area contributed by atoms with E-state index in [-0.39, 0.29) is 11.6 Å². The van der Waals surface area contributed by atoms with Crippen LogP contribution in [0, 0.1) is 28.9 Å². The molecule has 0 bridgehead atoms. The van der Waals surface area contributed by atoms with Crippen molar-refractivity contribution in [3.05, 3.63) is 33.9 Å². The van der Waals surface area contributed by atoms with E-state index in [1.54, 1.807) is 30.0 Å². The zero-order chi connectivity index (χ0) is 14.2. The van der Waals surface area contributed by atoms with Crippen LogP contribution in [0.4, 0.5) is 11.4 Å². The van der Waals surface area contributed by atoms with Crippen LogP contribution in [0.5, 0.6) is 0 Å². The molecule has 1 saturated heterocycles. The van der Waals surface area contributed by atoms with Crippen LogP contribution in [0.2, 0.25) is 0 Å². The Balaban J connectivity index is 2.37. The maximum Gasteiger partial charge on any atom is 0.308 e. The average Bonchev–Trinajstić information content (AvgIpc) is 2.70. The fourth-order valence-corrected chi connectivity index (χ4v) is 2.62. The number of hydrogen-bond donors (Lipinski definition) is 1. The molecule has 0 radical (unpaired) electrons. The molecular weight excluding hydrogens is 248 g/mol. The van der Waals surface area contributed by atoms with Crippen LogP contribution in [0.3, 0.4) is 0 Å². The van der Waals surface area contributed by atoms with Gasteiger partial charge in [-0.2, -0.15) is 0 Å². The number of carboxylic acids is 1. The van der Waals surface area contributed by atoms with Gasteiger partial charge >= 0.3 is 5.97 Å². The van der Waals surface area contributed by atoms with Gasteiger partial charge in [-0.1, -0.05) is 19.1 Å². The van der Waals surface area contributed by atoms with E-state index in [2.05, 4.69) is 0 Å². The van der Waals surface area contributed by atoms with Gasteiger partial charge in [0.25, 0.3) is 5.69 Å². The molecule has 102 valence electrons. The van der Waals surface area contributed by atoms with E-state index in [4.69, 9.17) is 5.11 Å². The van der Waals surface area contributed by atoms with Crippen molar-refractivity contribution in [1.29, 1.82) is 0 Å². The molecule has 19 heavy (non-hydrogen) atoms. The number of aryl methyl sites for hydroxylation is 1. The van der Waals surface area contributed by atoms with E-state index in [1.807, 2.05) is 6.92 Å². The van der Waals surface area contributed by atoms with E-state index < -0.39 is 16.8 Å². The van der Waals surface area contributed by atoms with Crippen molar-refractivity contribution in [3.8, 4) is 0 Å². The van der Waals surface area contributed by atoms with Crippen molar-refractivity contribution in [2.24, 2.45) is 11.8 Å².